The Morgan fingerprint density at radius 2 is 1.93 bits per heavy atom. The number of aliphatic imine (C=N–C) groups is 1. The van der Waals surface area contributed by atoms with Crippen LogP contribution in [0.3, 0.4) is 0 Å². The first-order chi connectivity index (χ1) is 33.4. The van der Waals surface area contributed by atoms with Crippen LogP contribution in [-0.2, 0) is 50.1 Å². The first kappa shape index (κ1) is 47.8. The molecule has 69 heavy (non-hydrogen) atoms. The number of rotatable bonds is 20. The van der Waals surface area contributed by atoms with Gasteiger partial charge in [-0.25, -0.2) is 4.98 Å². The average Bonchev–Trinajstić information content (AvgIpc) is 4.09. The van der Waals surface area contributed by atoms with Crippen molar-refractivity contribution in [3.63, 3.8) is 0 Å². The predicted octanol–water partition coefficient (Wildman–Crippen LogP) is 2.63. The van der Waals surface area contributed by atoms with Gasteiger partial charge in [-0.1, -0.05) is 18.2 Å². The second kappa shape index (κ2) is 21.5. The standard InChI is InChI=1S/C46H52N14O8S/c1-5-35-45(66)57(3)37-22-50-46(54-41(37)59(35)24-30-11-10-29(69-30)21-47-2)52-34-12-9-27(19-38(34)67-4)42(63)49-20-28-23-58(56-55-28)17-15-48-16-18-68-26-40(62)51-33-8-6-7-31-32(33)25-60(44(31)65)36-13-14-39(61)53-43(36)64/h6-12,19,21-23,35-36,48H,5,13-18,20,24-26H2,1-4H3,(H,49,63)(H,51,62)(H,50,52,54)(H,53,61,64)/b47-21+/t35-,36?/m1/s1. The van der Waals surface area contributed by atoms with Gasteiger partial charge in [0.05, 0.1) is 51.4 Å². The van der Waals surface area contributed by atoms with E-state index in [-0.39, 0.29) is 62.8 Å². The third kappa shape index (κ3) is 10.9. The number of nitrogens with one attached hydrogen (secondary N) is 5. The summed E-state index contributed by atoms with van der Waals surface area (Å²) in [5, 5.41) is 22.8. The van der Waals surface area contributed by atoms with Crippen molar-refractivity contribution in [2.75, 3.05) is 67.9 Å². The third-order valence-corrected chi connectivity index (χ3v) is 12.8. The molecule has 3 aliphatic rings. The summed E-state index contributed by atoms with van der Waals surface area (Å²) >= 11 is 1.61. The van der Waals surface area contributed by atoms with Gasteiger partial charge in [-0.3, -0.25) is 43.8 Å². The van der Waals surface area contributed by atoms with Crippen LogP contribution in [0.2, 0.25) is 0 Å². The van der Waals surface area contributed by atoms with Crippen molar-refractivity contribution in [1.82, 2.24) is 45.8 Å². The minimum absolute atomic E-state index is 0.0316. The van der Waals surface area contributed by atoms with E-state index < -0.39 is 23.9 Å². The Morgan fingerprint density at radius 1 is 1.07 bits per heavy atom. The Hall–Kier alpha value is -7.63. The number of hydrogen-bond donors (Lipinski definition) is 5. The monoisotopic (exact) mass is 960 g/mol. The number of likely N-dealkylation sites (N-methyl/N-ethyl adjacent to an activating group) is 1. The molecule has 6 amide bonds. The van der Waals surface area contributed by atoms with Gasteiger partial charge in [0.1, 0.15) is 35.8 Å². The fraction of sp³-hybridized carbons (Fsp3) is 0.370. The summed E-state index contributed by atoms with van der Waals surface area (Å²) in [5.41, 5.74) is 3.53. The van der Waals surface area contributed by atoms with Crippen LogP contribution in [0.15, 0.2) is 65.9 Å². The number of imide groups is 1. The quantitative estimate of drug-likeness (QED) is 0.0427. The number of thiophene rings is 1. The molecule has 2 atom stereocenters. The molecule has 0 aliphatic carbocycles. The Kier molecular flexibility index (Phi) is 14.9. The van der Waals surface area contributed by atoms with Crippen LogP contribution in [0.5, 0.6) is 5.75 Å². The van der Waals surface area contributed by atoms with Crippen molar-refractivity contribution < 1.29 is 38.2 Å². The van der Waals surface area contributed by atoms with Crippen molar-refractivity contribution in [2.45, 2.75) is 64.4 Å². The van der Waals surface area contributed by atoms with Gasteiger partial charge in [0.2, 0.25) is 29.6 Å². The lowest BCUT2D eigenvalue weighted by Gasteiger charge is -2.40. The van der Waals surface area contributed by atoms with Gasteiger partial charge in [0.15, 0.2) is 5.82 Å². The maximum absolute atomic E-state index is 13.4. The van der Waals surface area contributed by atoms with E-state index in [0.717, 1.165) is 9.75 Å². The second-order valence-corrected chi connectivity index (χ2v) is 17.5. The molecule has 3 aliphatic heterocycles. The molecule has 0 saturated carbocycles. The number of piperidine rings is 1. The van der Waals surface area contributed by atoms with Crippen LogP contribution in [0, 0.1) is 0 Å². The van der Waals surface area contributed by atoms with Crippen LogP contribution < -0.4 is 41.1 Å². The third-order valence-electron chi connectivity index (χ3n) is 11.8. The summed E-state index contributed by atoms with van der Waals surface area (Å²) < 4.78 is 12.9. The van der Waals surface area contributed by atoms with Crippen LogP contribution in [0.4, 0.5) is 28.8 Å². The molecule has 23 heteroatoms. The Morgan fingerprint density at radius 3 is 2.72 bits per heavy atom. The number of fused-ring (bicyclic) bond motifs is 2. The average molecular weight is 961 g/mol. The van der Waals surface area contributed by atoms with Gasteiger partial charge in [0.25, 0.3) is 11.8 Å². The number of carbonyl (C=O) groups is 6. The maximum Gasteiger partial charge on any atom is 0.255 e. The zero-order valence-corrected chi connectivity index (χ0v) is 39.3. The van der Waals surface area contributed by atoms with Gasteiger partial charge in [-0.2, -0.15) is 4.98 Å². The van der Waals surface area contributed by atoms with Gasteiger partial charge in [-0.15, -0.1) is 16.4 Å². The van der Waals surface area contributed by atoms with Gasteiger partial charge in [0, 0.05) is 78.5 Å². The lowest BCUT2D eigenvalue weighted by atomic mass is 10.0. The summed E-state index contributed by atoms with van der Waals surface area (Å²) in [5.74, 6) is -0.646. The fourth-order valence-electron chi connectivity index (χ4n) is 8.30. The molecule has 6 heterocycles. The van der Waals surface area contributed by atoms with E-state index in [0.29, 0.717) is 89.6 Å². The van der Waals surface area contributed by atoms with E-state index in [1.807, 2.05) is 24.0 Å². The van der Waals surface area contributed by atoms with Crippen LogP contribution >= 0.6 is 11.3 Å². The van der Waals surface area contributed by atoms with E-state index in [4.69, 9.17) is 14.5 Å². The zero-order valence-electron chi connectivity index (χ0n) is 38.5. The summed E-state index contributed by atoms with van der Waals surface area (Å²) in [6.07, 6.45) is 6.16. The molecule has 3 aromatic heterocycles. The molecule has 360 valence electrons. The summed E-state index contributed by atoms with van der Waals surface area (Å²) in [7, 11) is 4.97. The van der Waals surface area contributed by atoms with Gasteiger partial charge in [-0.05, 0) is 55.3 Å². The molecule has 2 aromatic carbocycles. The Bertz CT molecular complexity index is 2790. The number of benzene rings is 2. The number of aromatic nitrogens is 5. The minimum Gasteiger partial charge on any atom is -0.495 e. The Balaban J connectivity index is 0.767. The maximum atomic E-state index is 13.4. The molecule has 1 fully saturated rings. The first-order valence-corrected chi connectivity index (χ1v) is 23.2. The summed E-state index contributed by atoms with van der Waals surface area (Å²) in [6.45, 7) is 4.28. The number of amides is 6. The minimum atomic E-state index is -0.752. The SMILES string of the molecule is CC[C@@H]1C(=O)N(C)c2cnc(Nc3ccc(C(=O)NCc4cn(CCNCCOCC(=O)Nc5cccc6c5CN(C5CCC(=O)NC5=O)C6=O)nn4)cc3OC)nc2N1Cc1ccc(/C=N/C)s1. The van der Waals surface area contributed by atoms with Crippen molar-refractivity contribution in [3.05, 3.63) is 93.1 Å². The molecule has 1 saturated heterocycles. The van der Waals surface area contributed by atoms with Crippen molar-refractivity contribution in [1.29, 1.82) is 0 Å². The number of methoxy groups -OCH3 is 1. The van der Waals surface area contributed by atoms with E-state index in [1.165, 1.54) is 12.0 Å². The lowest BCUT2D eigenvalue weighted by molar-refractivity contribution is -0.137. The molecule has 0 spiro atoms. The van der Waals surface area contributed by atoms with E-state index in [2.05, 4.69) is 46.9 Å². The normalized spacial score (nSPS) is 16.7. The molecule has 0 bridgehead atoms. The highest BCUT2D eigenvalue weighted by atomic mass is 32.1. The number of hydrogen-bond acceptors (Lipinski definition) is 17. The van der Waals surface area contributed by atoms with Crippen molar-refractivity contribution >= 4 is 81.8 Å². The number of nitrogens with zero attached hydrogens (tertiary/aromatic N) is 9. The Labute approximate surface area is 400 Å². The van der Waals surface area contributed by atoms with Crippen LogP contribution in [0.1, 0.15) is 67.9 Å². The van der Waals surface area contributed by atoms with Crippen molar-refractivity contribution in [2.24, 2.45) is 4.99 Å². The summed E-state index contributed by atoms with van der Waals surface area (Å²) in [6, 6.07) is 12.9. The highest BCUT2D eigenvalue weighted by molar-refractivity contribution is 7.13. The largest absolute Gasteiger partial charge is 0.495 e. The van der Waals surface area contributed by atoms with Crippen LogP contribution in [0.25, 0.3) is 0 Å². The molecule has 0 radical (unpaired) electrons. The van der Waals surface area contributed by atoms with Gasteiger partial charge < -0.3 is 45.4 Å². The number of carbonyl (C=O) groups excluding carboxylic acids is 6. The van der Waals surface area contributed by atoms with Gasteiger partial charge >= 0.3 is 0 Å². The van der Waals surface area contributed by atoms with Crippen molar-refractivity contribution in [3.8, 4) is 5.75 Å². The summed E-state index contributed by atoms with van der Waals surface area (Å²) in [4.78, 5) is 97.1. The highest BCUT2D eigenvalue weighted by Crippen LogP contribution is 2.38. The smallest absolute Gasteiger partial charge is 0.255 e. The number of ether oxygens (including phenoxy) is 2. The fourth-order valence-corrected chi connectivity index (χ4v) is 9.23. The number of anilines is 5. The molecule has 1 unspecified atom stereocenters. The lowest BCUT2D eigenvalue weighted by Crippen LogP contribution is -2.52. The molecular weight excluding hydrogens is 909 g/mol. The molecule has 5 aromatic rings. The second-order valence-electron chi connectivity index (χ2n) is 16.3. The van der Waals surface area contributed by atoms with E-state index >= 15 is 0 Å². The molecular formula is C46H52N14O8S. The highest BCUT2D eigenvalue weighted by Gasteiger charge is 2.40. The topological polar surface area (TPSA) is 260 Å². The van der Waals surface area contributed by atoms with Crippen LogP contribution in [-0.4, -0.2) is 131 Å². The molecule has 8 rings (SSSR count). The predicted molar refractivity (Wildman–Crippen MR) is 256 cm³/mol. The molecule has 22 nitrogen and oxygen atoms in total. The first-order valence-electron chi connectivity index (χ1n) is 22.3. The molecule has 5 N–H and O–H groups in total. The van der Waals surface area contributed by atoms with E-state index in [9.17, 15) is 28.8 Å². The zero-order chi connectivity index (χ0) is 48.6. The van der Waals surface area contributed by atoms with E-state index in [1.54, 1.807) is 90.0 Å².